The van der Waals surface area contributed by atoms with Gasteiger partial charge in [0.25, 0.3) is 0 Å². The van der Waals surface area contributed by atoms with E-state index in [-0.39, 0.29) is 0 Å². The maximum Gasteiger partial charge on any atom is 0.248 e. The zero-order chi connectivity index (χ0) is 17.6. The number of nitrogens with zero attached hydrogens (tertiary/aromatic N) is 2. The van der Waals surface area contributed by atoms with Crippen LogP contribution in [0.1, 0.15) is 34.3 Å². The summed E-state index contributed by atoms with van der Waals surface area (Å²) < 4.78 is 5.79. The van der Waals surface area contributed by atoms with Crippen LogP contribution in [0.4, 0.5) is 0 Å². The second-order valence-corrected chi connectivity index (χ2v) is 6.25. The number of nitrogens with two attached hydrogens (primary N) is 1. The SMILES string of the molecule is N#Cc1ccc(OCCN(Cc2ccc(C(N)=O)cc2)C2CC2)cc1. The van der Waals surface area contributed by atoms with Gasteiger partial charge in [0.1, 0.15) is 12.4 Å². The van der Waals surface area contributed by atoms with Gasteiger partial charge < -0.3 is 10.5 Å². The minimum atomic E-state index is -0.401. The quantitative estimate of drug-likeness (QED) is 0.804. The highest BCUT2D eigenvalue weighted by atomic mass is 16.5. The van der Waals surface area contributed by atoms with E-state index in [0.717, 1.165) is 24.4 Å². The van der Waals surface area contributed by atoms with Crippen LogP contribution in [0.15, 0.2) is 48.5 Å². The average molecular weight is 335 g/mol. The highest BCUT2D eigenvalue weighted by Crippen LogP contribution is 2.28. The Morgan fingerprint density at radius 1 is 1.16 bits per heavy atom. The first kappa shape index (κ1) is 17.0. The van der Waals surface area contributed by atoms with Crippen molar-refractivity contribution >= 4 is 5.91 Å². The molecule has 25 heavy (non-hydrogen) atoms. The number of amides is 1. The van der Waals surface area contributed by atoms with E-state index in [1.807, 2.05) is 24.3 Å². The summed E-state index contributed by atoms with van der Waals surface area (Å²) in [5.41, 5.74) is 7.61. The molecule has 3 rings (SSSR count). The molecule has 5 heteroatoms. The summed E-state index contributed by atoms with van der Waals surface area (Å²) in [7, 11) is 0. The largest absolute Gasteiger partial charge is 0.492 e. The lowest BCUT2D eigenvalue weighted by atomic mass is 10.1. The van der Waals surface area contributed by atoms with Crippen molar-refractivity contribution in [2.24, 2.45) is 5.73 Å². The number of benzene rings is 2. The molecule has 0 atom stereocenters. The molecule has 1 fully saturated rings. The Kier molecular flexibility index (Phi) is 5.32. The highest BCUT2D eigenvalue weighted by Gasteiger charge is 2.28. The van der Waals surface area contributed by atoms with Crippen molar-refractivity contribution in [2.45, 2.75) is 25.4 Å². The number of ether oxygens (including phenoxy) is 1. The fraction of sp³-hybridized carbons (Fsp3) is 0.300. The predicted octanol–water partition coefficient (Wildman–Crippen LogP) is 2.70. The summed E-state index contributed by atoms with van der Waals surface area (Å²) in [5, 5.41) is 8.81. The van der Waals surface area contributed by atoms with Gasteiger partial charge in [-0.1, -0.05) is 12.1 Å². The Hall–Kier alpha value is -2.84. The first-order chi connectivity index (χ1) is 12.2. The monoisotopic (exact) mass is 335 g/mol. The molecular formula is C20H21N3O2. The average Bonchev–Trinajstić information content (AvgIpc) is 3.47. The molecule has 0 aliphatic heterocycles. The third-order valence-electron chi connectivity index (χ3n) is 4.32. The zero-order valence-electron chi connectivity index (χ0n) is 14.0. The summed E-state index contributed by atoms with van der Waals surface area (Å²) in [6.45, 7) is 2.27. The second kappa shape index (κ2) is 7.82. The van der Waals surface area contributed by atoms with Crippen LogP contribution in [0.3, 0.4) is 0 Å². The first-order valence-electron chi connectivity index (χ1n) is 8.41. The van der Waals surface area contributed by atoms with Crippen LogP contribution in [0.2, 0.25) is 0 Å². The summed E-state index contributed by atoms with van der Waals surface area (Å²) in [4.78, 5) is 13.6. The summed E-state index contributed by atoms with van der Waals surface area (Å²) in [6.07, 6.45) is 2.44. The maximum absolute atomic E-state index is 11.1. The minimum Gasteiger partial charge on any atom is -0.492 e. The lowest BCUT2D eigenvalue weighted by Gasteiger charge is -2.22. The molecule has 5 nitrogen and oxygen atoms in total. The van der Waals surface area contributed by atoms with Gasteiger partial charge in [0, 0.05) is 24.7 Å². The van der Waals surface area contributed by atoms with Crippen LogP contribution in [-0.2, 0) is 6.54 Å². The molecule has 0 aromatic heterocycles. The lowest BCUT2D eigenvalue weighted by Crippen LogP contribution is -2.30. The molecule has 0 bridgehead atoms. The van der Waals surface area contributed by atoms with E-state index in [9.17, 15) is 4.79 Å². The smallest absolute Gasteiger partial charge is 0.248 e. The Bertz CT molecular complexity index is 759. The van der Waals surface area contributed by atoms with E-state index in [2.05, 4.69) is 11.0 Å². The standard InChI is InChI=1S/C20H21N3O2/c21-13-15-3-9-19(10-4-15)25-12-11-23(18-7-8-18)14-16-1-5-17(6-2-16)20(22)24/h1-6,9-10,18H,7-8,11-12,14H2,(H2,22,24). The van der Waals surface area contributed by atoms with E-state index in [1.165, 1.54) is 12.8 Å². The maximum atomic E-state index is 11.1. The number of carbonyl (C=O) groups excluding carboxylic acids is 1. The second-order valence-electron chi connectivity index (χ2n) is 6.25. The minimum absolute atomic E-state index is 0.401. The number of carbonyl (C=O) groups is 1. The molecule has 2 N–H and O–H groups in total. The van der Waals surface area contributed by atoms with Crippen LogP contribution < -0.4 is 10.5 Å². The molecule has 2 aromatic rings. The molecule has 0 unspecified atom stereocenters. The molecular weight excluding hydrogens is 314 g/mol. The van der Waals surface area contributed by atoms with Gasteiger partial charge in [0.2, 0.25) is 5.91 Å². The van der Waals surface area contributed by atoms with Crippen LogP contribution >= 0.6 is 0 Å². The summed E-state index contributed by atoms with van der Waals surface area (Å²) in [5.74, 6) is 0.377. The van der Waals surface area contributed by atoms with E-state index in [0.29, 0.717) is 23.8 Å². The van der Waals surface area contributed by atoms with Crippen LogP contribution in [0.25, 0.3) is 0 Å². The van der Waals surface area contributed by atoms with Crippen molar-refractivity contribution in [1.82, 2.24) is 4.90 Å². The molecule has 1 amide bonds. The molecule has 0 saturated heterocycles. The van der Waals surface area contributed by atoms with Gasteiger partial charge in [0.15, 0.2) is 0 Å². The number of hydrogen-bond acceptors (Lipinski definition) is 4. The van der Waals surface area contributed by atoms with Gasteiger partial charge in [0.05, 0.1) is 11.6 Å². The van der Waals surface area contributed by atoms with Crippen molar-refractivity contribution in [2.75, 3.05) is 13.2 Å². The summed E-state index contributed by atoms with van der Waals surface area (Å²) in [6, 6.07) is 17.3. The van der Waals surface area contributed by atoms with E-state index < -0.39 is 5.91 Å². The number of primary amides is 1. The van der Waals surface area contributed by atoms with E-state index >= 15 is 0 Å². The molecule has 1 aliphatic carbocycles. The van der Waals surface area contributed by atoms with Crippen molar-refractivity contribution in [3.8, 4) is 11.8 Å². The van der Waals surface area contributed by atoms with Crippen LogP contribution in [0.5, 0.6) is 5.75 Å². The molecule has 1 aliphatic rings. The fourth-order valence-corrected chi connectivity index (χ4v) is 2.75. The topological polar surface area (TPSA) is 79.3 Å². The Morgan fingerprint density at radius 3 is 2.40 bits per heavy atom. The van der Waals surface area contributed by atoms with Gasteiger partial charge >= 0.3 is 0 Å². The van der Waals surface area contributed by atoms with Gasteiger partial charge in [-0.15, -0.1) is 0 Å². The third-order valence-corrected chi connectivity index (χ3v) is 4.32. The van der Waals surface area contributed by atoms with Gasteiger partial charge in [-0.25, -0.2) is 0 Å². The lowest BCUT2D eigenvalue weighted by molar-refractivity contribution is 0.100. The Balaban J connectivity index is 1.53. The molecule has 0 heterocycles. The molecule has 2 aromatic carbocycles. The predicted molar refractivity (Wildman–Crippen MR) is 95.0 cm³/mol. The molecule has 128 valence electrons. The van der Waals surface area contributed by atoms with Crippen molar-refractivity contribution in [3.63, 3.8) is 0 Å². The van der Waals surface area contributed by atoms with Crippen molar-refractivity contribution in [3.05, 3.63) is 65.2 Å². The number of rotatable bonds is 8. The van der Waals surface area contributed by atoms with Crippen LogP contribution in [-0.4, -0.2) is 30.0 Å². The van der Waals surface area contributed by atoms with Gasteiger partial charge in [-0.2, -0.15) is 5.26 Å². The molecule has 1 saturated carbocycles. The first-order valence-corrected chi connectivity index (χ1v) is 8.41. The highest BCUT2D eigenvalue weighted by molar-refractivity contribution is 5.92. The fourth-order valence-electron chi connectivity index (χ4n) is 2.75. The van der Waals surface area contributed by atoms with Crippen molar-refractivity contribution in [1.29, 1.82) is 5.26 Å². The molecule has 0 radical (unpaired) electrons. The Labute approximate surface area is 147 Å². The summed E-state index contributed by atoms with van der Waals surface area (Å²) >= 11 is 0. The molecule has 0 spiro atoms. The number of nitriles is 1. The number of hydrogen-bond donors (Lipinski definition) is 1. The van der Waals surface area contributed by atoms with E-state index in [1.54, 1.807) is 24.3 Å². The Morgan fingerprint density at radius 2 is 1.84 bits per heavy atom. The van der Waals surface area contributed by atoms with E-state index in [4.69, 9.17) is 15.7 Å². The van der Waals surface area contributed by atoms with Gasteiger partial charge in [-0.3, -0.25) is 9.69 Å². The van der Waals surface area contributed by atoms with Crippen LogP contribution in [0, 0.1) is 11.3 Å². The van der Waals surface area contributed by atoms with Crippen molar-refractivity contribution < 1.29 is 9.53 Å². The third kappa shape index (κ3) is 4.82. The normalized spacial score (nSPS) is 13.4. The van der Waals surface area contributed by atoms with Gasteiger partial charge in [-0.05, 0) is 54.8 Å². The zero-order valence-corrected chi connectivity index (χ0v) is 14.0.